The van der Waals surface area contributed by atoms with E-state index < -0.39 is 5.97 Å². The van der Waals surface area contributed by atoms with Crippen LogP contribution >= 0.6 is 0 Å². The third-order valence-electron chi connectivity index (χ3n) is 3.58. The van der Waals surface area contributed by atoms with Crippen LogP contribution in [0.15, 0.2) is 52.9 Å². The Kier molecular flexibility index (Phi) is 3.85. The van der Waals surface area contributed by atoms with Crippen LogP contribution in [0.25, 0.3) is 11.0 Å². The minimum Gasteiger partial charge on any atom is -0.475 e. The summed E-state index contributed by atoms with van der Waals surface area (Å²) < 4.78 is 5.23. The molecule has 1 aromatic heterocycles. The number of benzene rings is 2. The molecule has 0 fully saturated rings. The van der Waals surface area contributed by atoms with Gasteiger partial charge in [-0.05, 0) is 42.8 Å². The van der Waals surface area contributed by atoms with E-state index in [-0.39, 0.29) is 11.5 Å². The molecule has 3 rings (SSSR count). The Hall–Kier alpha value is -3.08. The van der Waals surface area contributed by atoms with Crippen LogP contribution in [0, 0.1) is 0 Å². The summed E-state index contributed by atoms with van der Waals surface area (Å²) in [5.74, 6) is -1.16. The van der Waals surface area contributed by atoms with E-state index in [1.165, 1.54) is 13.0 Å². The maximum atomic E-state index is 11.6. The van der Waals surface area contributed by atoms with Gasteiger partial charge in [0.05, 0.1) is 0 Å². The van der Waals surface area contributed by atoms with Crippen LogP contribution in [0.3, 0.4) is 0 Å². The molecule has 0 bridgehead atoms. The molecule has 0 atom stereocenters. The van der Waals surface area contributed by atoms with E-state index in [0.29, 0.717) is 17.7 Å². The number of carbonyl (C=O) groups is 2. The number of aromatic carboxylic acids is 1. The third kappa shape index (κ3) is 3.08. The van der Waals surface area contributed by atoms with Gasteiger partial charge in [0.25, 0.3) is 0 Å². The normalized spacial score (nSPS) is 10.7. The second-order valence-electron chi connectivity index (χ2n) is 5.24. The van der Waals surface area contributed by atoms with Gasteiger partial charge in [-0.25, -0.2) is 4.79 Å². The van der Waals surface area contributed by atoms with Gasteiger partial charge in [-0.3, -0.25) is 4.79 Å². The van der Waals surface area contributed by atoms with Gasteiger partial charge >= 0.3 is 5.97 Å². The standard InChI is InChI=1S/C18H15NO4/c1-11(20)14-4-2-3-5-15(14)19-10-12-6-7-16-13(8-12)9-17(23-16)18(21)22/h2-9,19H,10H2,1H3,(H,21,22). The van der Waals surface area contributed by atoms with E-state index in [1.54, 1.807) is 12.1 Å². The molecule has 0 unspecified atom stereocenters. The Labute approximate surface area is 132 Å². The molecule has 116 valence electrons. The van der Waals surface area contributed by atoms with Crippen LogP contribution in [-0.2, 0) is 6.54 Å². The molecule has 0 saturated heterocycles. The van der Waals surface area contributed by atoms with Crippen molar-refractivity contribution in [2.24, 2.45) is 0 Å². The van der Waals surface area contributed by atoms with Crippen molar-refractivity contribution < 1.29 is 19.1 Å². The number of nitrogens with one attached hydrogen (secondary N) is 1. The number of Topliss-reactive ketones (excluding diaryl/α,β-unsaturated/α-hetero) is 1. The number of hydrogen-bond donors (Lipinski definition) is 2. The zero-order chi connectivity index (χ0) is 16.4. The minimum absolute atomic E-state index is 0.00415. The van der Waals surface area contributed by atoms with Gasteiger partial charge in [-0.2, -0.15) is 0 Å². The second kappa shape index (κ2) is 5.96. The maximum Gasteiger partial charge on any atom is 0.371 e. The van der Waals surface area contributed by atoms with Crippen molar-refractivity contribution in [3.8, 4) is 0 Å². The summed E-state index contributed by atoms with van der Waals surface area (Å²) in [5, 5.41) is 12.9. The summed E-state index contributed by atoms with van der Waals surface area (Å²) in [6, 6.07) is 14.3. The Morgan fingerprint density at radius 3 is 2.65 bits per heavy atom. The van der Waals surface area contributed by atoms with Crippen molar-refractivity contribution in [1.29, 1.82) is 0 Å². The average molecular weight is 309 g/mol. The lowest BCUT2D eigenvalue weighted by atomic mass is 10.1. The van der Waals surface area contributed by atoms with Crippen molar-refractivity contribution in [3.05, 3.63) is 65.4 Å². The monoisotopic (exact) mass is 309 g/mol. The predicted octanol–water partition coefficient (Wildman–Crippen LogP) is 3.95. The molecule has 0 aliphatic rings. The molecule has 5 heteroatoms. The molecular formula is C18H15NO4. The lowest BCUT2D eigenvalue weighted by molar-refractivity contribution is 0.0665. The zero-order valence-electron chi connectivity index (χ0n) is 12.5. The summed E-state index contributed by atoms with van der Waals surface area (Å²) in [6.45, 7) is 2.05. The minimum atomic E-state index is -1.09. The number of para-hydroxylation sites is 1. The first kappa shape index (κ1) is 14.8. The van der Waals surface area contributed by atoms with Crippen LogP contribution < -0.4 is 5.32 Å². The molecule has 0 amide bonds. The Balaban J connectivity index is 1.82. The van der Waals surface area contributed by atoms with Crippen molar-refractivity contribution in [1.82, 2.24) is 0 Å². The first-order chi connectivity index (χ1) is 11.0. The fraction of sp³-hybridized carbons (Fsp3) is 0.111. The average Bonchev–Trinajstić information content (AvgIpc) is 2.96. The Morgan fingerprint density at radius 1 is 1.13 bits per heavy atom. The summed E-state index contributed by atoms with van der Waals surface area (Å²) in [7, 11) is 0. The van der Waals surface area contributed by atoms with E-state index in [2.05, 4.69) is 5.32 Å². The maximum absolute atomic E-state index is 11.6. The van der Waals surface area contributed by atoms with Crippen LogP contribution in [-0.4, -0.2) is 16.9 Å². The van der Waals surface area contributed by atoms with Crippen LogP contribution in [0.2, 0.25) is 0 Å². The first-order valence-electron chi connectivity index (χ1n) is 7.14. The largest absolute Gasteiger partial charge is 0.475 e. The number of carboxylic acid groups (broad SMARTS) is 1. The van der Waals surface area contributed by atoms with Crippen LogP contribution in [0.5, 0.6) is 0 Å². The van der Waals surface area contributed by atoms with E-state index in [4.69, 9.17) is 9.52 Å². The molecule has 0 saturated carbocycles. The molecule has 5 nitrogen and oxygen atoms in total. The highest BCUT2D eigenvalue weighted by Crippen LogP contribution is 2.22. The molecule has 2 N–H and O–H groups in total. The number of ketones is 1. The SMILES string of the molecule is CC(=O)c1ccccc1NCc1ccc2oc(C(=O)O)cc2c1. The smallest absolute Gasteiger partial charge is 0.371 e. The number of furan rings is 1. The van der Waals surface area contributed by atoms with Crippen molar-refractivity contribution >= 4 is 28.4 Å². The van der Waals surface area contributed by atoms with Gasteiger partial charge in [0.2, 0.25) is 5.76 Å². The quantitative estimate of drug-likeness (QED) is 0.698. The fourth-order valence-corrected chi connectivity index (χ4v) is 2.45. The van der Waals surface area contributed by atoms with E-state index in [0.717, 1.165) is 16.6 Å². The molecule has 23 heavy (non-hydrogen) atoms. The number of hydrogen-bond acceptors (Lipinski definition) is 4. The number of fused-ring (bicyclic) bond motifs is 1. The highest BCUT2D eigenvalue weighted by molar-refractivity contribution is 5.99. The Morgan fingerprint density at radius 2 is 1.91 bits per heavy atom. The number of carboxylic acids is 1. The molecule has 0 aliphatic heterocycles. The summed E-state index contributed by atoms with van der Waals surface area (Å²) in [4.78, 5) is 22.5. The molecule has 0 radical (unpaired) electrons. The second-order valence-corrected chi connectivity index (χ2v) is 5.24. The summed E-state index contributed by atoms with van der Waals surface area (Å²) in [6.07, 6.45) is 0. The zero-order valence-corrected chi connectivity index (χ0v) is 12.5. The number of anilines is 1. The van der Waals surface area contributed by atoms with Crippen LogP contribution in [0.4, 0.5) is 5.69 Å². The highest BCUT2D eigenvalue weighted by atomic mass is 16.4. The van der Waals surface area contributed by atoms with Crippen molar-refractivity contribution in [3.63, 3.8) is 0 Å². The molecule has 2 aromatic carbocycles. The first-order valence-corrected chi connectivity index (χ1v) is 7.14. The summed E-state index contributed by atoms with van der Waals surface area (Å²) in [5.41, 5.74) is 2.92. The molecule has 3 aromatic rings. The summed E-state index contributed by atoms with van der Waals surface area (Å²) >= 11 is 0. The van der Waals surface area contributed by atoms with Gasteiger partial charge in [0.15, 0.2) is 5.78 Å². The number of carbonyl (C=O) groups excluding carboxylic acids is 1. The number of rotatable bonds is 5. The van der Waals surface area contributed by atoms with E-state index in [1.807, 2.05) is 30.3 Å². The predicted molar refractivity (Wildman–Crippen MR) is 86.9 cm³/mol. The van der Waals surface area contributed by atoms with E-state index >= 15 is 0 Å². The van der Waals surface area contributed by atoms with Crippen molar-refractivity contribution in [2.75, 3.05) is 5.32 Å². The van der Waals surface area contributed by atoms with Gasteiger partial charge in [0, 0.05) is 23.2 Å². The third-order valence-corrected chi connectivity index (χ3v) is 3.58. The fourth-order valence-electron chi connectivity index (χ4n) is 2.45. The lowest BCUT2D eigenvalue weighted by Crippen LogP contribution is -2.04. The van der Waals surface area contributed by atoms with Crippen LogP contribution in [0.1, 0.15) is 33.4 Å². The topological polar surface area (TPSA) is 79.5 Å². The van der Waals surface area contributed by atoms with Gasteiger partial charge in [-0.1, -0.05) is 18.2 Å². The molecule has 0 aliphatic carbocycles. The molecular weight excluding hydrogens is 294 g/mol. The van der Waals surface area contributed by atoms with Gasteiger partial charge < -0.3 is 14.8 Å². The van der Waals surface area contributed by atoms with Gasteiger partial charge in [0.1, 0.15) is 5.58 Å². The molecule has 1 heterocycles. The van der Waals surface area contributed by atoms with Gasteiger partial charge in [-0.15, -0.1) is 0 Å². The lowest BCUT2D eigenvalue weighted by Gasteiger charge is -2.10. The Bertz CT molecular complexity index is 895. The van der Waals surface area contributed by atoms with Crippen molar-refractivity contribution in [2.45, 2.75) is 13.5 Å². The van der Waals surface area contributed by atoms with E-state index in [9.17, 15) is 9.59 Å². The highest BCUT2D eigenvalue weighted by Gasteiger charge is 2.11. The molecule has 0 spiro atoms.